The Kier molecular flexibility index (Phi) is 7.56. The van der Waals surface area contributed by atoms with Gasteiger partial charge in [-0.1, -0.05) is 25.6 Å². The fourth-order valence-electron chi connectivity index (χ4n) is 2.36. The average molecular weight is 316 g/mol. The molecule has 1 heterocycles. The lowest BCUT2D eigenvalue weighted by Crippen LogP contribution is -2.34. The van der Waals surface area contributed by atoms with Crippen molar-refractivity contribution in [2.75, 3.05) is 25.4 Å². The molecule has 0 aromatic carbocycles. The first kappa shape index (κ1) is 17.8. The van der Waals surface area contributed by atoms with Crippen molar-refractivity contribution in [3.8, 4) is 0 Å². The second-order valence-corrected chi connectivity index (χ2v) is 6.80. The van der Waals surface area contributed by atoms with Gasteiger partial charge >= 0.3 is 5.97 Å². The molecule has 2 N–H and O–H groups in total. The zero-order valence-corrected chi connectivity index (χ0v) is 13.4. The van der Waals surface area contributed by atoms with Crippen LogP contribution in [0.15, 0.2) is 0 Å². The van der Waals surface area contributed by atoms with Crippen LogP contribution in [0.5, 0.6) is 0 Å². The van der Waals surface area contributed by atoms with Gasteiger partial charge in [0.15, 0.2) is 0 Å². The molecule has 1 rings (SSSR count). The summed E-state index contributed by atoms with van der Waals surface area (Å²) in [5.41, 5.74) is 0. The highest BCUT2D eigenvalue weighted by molar-refractivity contribution is 8.13. The summed E-state index contributed by atoms with van der Waals surface area (Å²) < 4.78 is 0. The summed E-state index contributed by atoms with van der Waals surface area (Å²) >= 11 is 1.28. The molecule has 0 aromatic rings. The number of thioether (sulfide) groups is 1. The van der Waals surface area contributed by atoms with Gasteiger partial charge in [-0.2, -0.15) is 0 Å². The highest BCUT2D eigenvalue weighted by Gasteiger charge is 2.21. The van der Waals surface area contributed by atoms with Gasteiger partial charge in [0.1, 0.15) is 0 Å². The van der Waals surface area contributed by atoms with Crippen LogP contribution in [-0.4, -0.2) is 52.5 Å². The third-order valence-electron chi connectivity index (χ3n) is 3.31. The fraction of sp³-hybridized carbons (Fsp3) is 0.786. The van der Waals surface area contributed by atoms with Crippen LogP contribution in [0.25, 0.3) is 0 Å². The van der Waals surface area contributed by atoms with E-state index in [1.807, 2.05) is 13.8 Å². The highest BCUT2D eigenvalue weighted by Crippen LogP contribution is 2.17. The Morgan fingerprint density at radius 3 is 2.67 bits per heavy atom. The molecule has 0 spiro atoms. The predicted octanol–water partition coefficient (Wildman–Crippen LogP) is 1.80. The first-order valence-corrected chi connectivity index (χ1v) is 8.27. The van der Waals surface area contributed by atoms with Crippen molar-refractivity contribution in [3.63, 3.8) is 0 Å². The average Bonchev–Trinajstić information content (AvgIpc) is 2.77. The van der Waals surface area contributed by atoms with E-state index < -0.39 is 5.97 Å². The van der Waals surface area contributed by atoms with Crippen molar-refractivity contribution < 1.29 is 19.5 Å². The van der Waals surface area contributed by atoms with E-state index in [4.69, 9.17) is 5.11 Å². The first-order chi connectivity index (χ1) is 9.88. The van der Waals surface area contributed by atoms with Crippen molar-refractivity contribution in [1.82, 2.24) is 10.2 Å². The smallest absolute Gasteiger partial charge is 0.303 e. The molecule has 1 unspecified atom stereocenters. The second kappa shape index (κ2) is 8.92. The topological polar surface area (TPSA) is 86.7 Å². The van der Waals surface area contributed by atoms with Gasteiger partial charge in [-0.15, -0.1) is 0 Å². The maximum atomic E-state index is 11.8. The van der Waals surface area contributed by atoms with Crippen LogP contribution in [-0.2, 0) is 9.59 Å². The van der Waals surface area contributed by atoms with Gasteiger partial charge in [-0.3, -0.25) is 14.4 Å². The van der Waals surface area contributed by atoms with E-state index in [-0.39, 0.29) is 29.9 Å². The second-order valence-electron chi connectivity index (χ2n) is 5.75. The van der Waals surface area contributed by atoms with E-state index in [9.17, 15) is 14.4 Å². The third-order valence-corrected chi connectivity index (χ3v) is 4.20. The Balaban J connectivity index is 2.28. The van der Waals surface area contributed by atoms with Crippen LogP contribution in [0.1, 0.15) is 33.1 Å². The summed E-state index contributed by atoms with van der Waals surface area (Å²) in [7, 11) is 0. The lowest BCUT2D eigenvalue weighted by atomic mass is 9.94. The number of rotatable bonds is 9. The Morgan fingerprint density at radius 1 is 1.43 bits per heavy atom. The SMILES string of the molecule is CC(C)CC(CNC(=O)CCN1CCSC1=O)CC(=O)O. The molecule has 0 bridgehead atoms. The molecule has 1 fully saturated rings. The Labute approximate surface area is 129 Å². The van der Waals surface area contributed by atoms with Crippen molar-refractivity contribution in [2.24, 2.45) is 11.8 Å². The van der Waals surface area contributed by atoms with Crippen LogP contribution in [0.3, 0.4) is 0 Å². The number of nitrogens with one attached hydrogen (secondary N) is 1. The highest BCUT2D eigenvalue weighted by atomic mass is 32.2. The standard InChI is InChI=1S/C14H24N2O4S/c1-10(2)7-11(8-13(18)19)9-15-12(17)3-4-16-5-6-21-14(16)20/h10-11H,3-9H2,1-2H3,(H,15,17)(H,18,19). The molecule has 1 saturated heterocycles. The maximum Gasteiger partial charge on any atom is 0.303 e. The number of hydrogen-bond donors (Lipinski definition) is 2. The normalized spacial score (nSPS) is 16.3. The minimum absolute atomic E-state index is 0.0337. The molecule has 2 amide bonds. The van der Waals surface area contributed by atoms with E-state index in [1.165, 1.54) is 11.8 Å². The van der Waals surface area contributed by atoms with Gasteiger partial charge in [0.25, 0.3) is 5.24 Å². The minimum Gasteiger partial charge on any atom is -0.481 e. The number of aliphatic carboxylic acids is 1. The van der Waals surface area contributed by atoms with Crippen molar-refractivity contribution in [1.29, 1.82) is 0 Å². The van der Waals surface area contributed by atoms with Gasteiger partial charge in [-0.05, 0) is 18.3 Å². The molecule has 120 valence electrons. The summed E-state index contributed by atoms with van der Waals surface area (Å²) in [6.45, 7) is 5.59. The van der Waals surface area contributed by atoms with Gasteiger partial charge in [0.05, 0.1) is 0 Å². The summed E-state index contributed by atoms with van der Waals surface area (Å²) in [6, 6.07) is 0. The molecule has 0 aliphatic carbocycles. The number of carbonyl (C=O) groups excluding carboxylic acids is 2. The Morgan fingerprint density at radius 2 is 2.14 bits per heavy atom. The van der Waals surface area contributed by atoms with Crippen LogP contribution < -0.4 is 5.32 Å². The van der Waals surface area contributed by atoms with E-state index >= 15 is 0 Å². The van der Waals surface area contributed by atoms with E-state index in [1.54, 1.807) is 4.90 Å². The molecule has 1 aliphatic rings. The van der Waals surface area contributed by atoms with Crippen molar-refractivity contribution >= 4 is 28.9 Å². The van der Waals surface area contributed by atoms with E-state index in [0.29, 0.717) is 25.6 Å². The van der Waals surface area contributed by atoms with Crippen LogP contribution in [0, 0.1) is 11.8 Å². The third kappa shape index (κ3) is 7.36. The molecule has 7 heteroatoms. The first-order valence-electron chi connectivity index (χ1n) is 7.28. The van der Waals surface area contributed by atoms with Crippen molar-refractivity contribution in [3.05, 3.63) is 0 Å². The number of hydrogen-bond acceptors (Lipinski definition) is 4. The molecule has 21 heavy (non-hydrogen) atoms. The molecule has 0 saturated carbocycles. The number of carboxylic acids is 1. The van der Waals surface area contributed by atoms with Crippen LogP contribution in [0.2, 0.25) is 0 Å². The zero-order chi connectivity index (χ0) is 15.8. The van der Waals surface area contributed by atoms with E-state index in [2.05, 4.69) is 5.32 Å². The van der Waals surface area contributed by atoms with Gasteiger partial charge in [-0.25, -0.2) is 0 Å². The quantitative estimate of drug-likeness (QED) is 0.677. The zero-order valence-electron chi connectivity index (χ0n) is 12.6. The van der Waals surface area contributed by atoms with E-state index in [0.717, 1.165) is 12.2 Å². The molecule has 0 aromatic heterocycles. The molecule has 0 radical (unpaired) electrons. The summed E-state index contributed by atoms with van der Waals surface area (Å²) in [6.07, 6.45) is 1.11. The van der Waals surface area contributed by atoms with Gasteiger partial charge < -0.3 is 15.3 Å². The lowest BCUT2D eigenvalue weighted by Gasteiger charge is -2.18. The summed E-state index contributed by atoms with van der Waals surface area (Å²) in [4.78, 5) is 35.7. The molecule has 1 atom stereocenters. The molecule has 6 nitrogen and oxygen atoms in total. The molecule has 1 aliphatic heterocycles. The predicted molar refractivity (Wildman–Crippen MR) is 82.3 cm³/mol. The van der Waals surface area contributed by atoms with Crippen molar-refractivity contribution in [2.45, 2.75) is 33.1 Å². The molecular weight excluding hydrogens is 292 g/mol. The largest absolute Gasteiger partial charge is 0.481 e. The Bertz CT molecular complexity index is 387. The Hall–Kier alpha value is -1.24. The minimum atomic E-state index is -0.838. The van der Waals surface area contributed by atoms with Gasteiger partial charge in [0, 0.05) is 38.2 Å². The van der Waals surface area contributed by atoms with Gasteiger partial charge in [0.2, 0.25) is 5.91 Å². The molecular formula is C14H24N2O4S. The number of nitrogens with zero attached hydrogens (tertiary/aromatic N) is 1. The maximum absolute atomic E-state index is 11.8. The lowest BCUT2D eigenvalue weighted by molar-refractivity contribution is -0.138. The number of carbonyl (C=O) groups is 3. The summed E-state index contributed by atoms with van der Waals surface area (Å²) in [5.74, 6) is 0.171. The number of amides is 2. The summed E-state index contributed by atoms with van der Waals surface area (Å²) in [5, 5.41) is 11.7. The number of carboxylic acid groups (broad SMARTS) is 1. The van der Waals surface area contributed by atoms with Crippen LogP contribution >= 0.6 is 11.8 Å². The fourth-order valence-corrected chi connectivity index (χ4v) is 3.22. The van der Waals surface area contributed by atoms with Crippen LogP contribution in [0.4, 0.5) is 4.79 Å². The monoisotopic (exact) mass is 316 g/mol.